The van der Waals surface area contributed by atoms with Crippen LogP contribution in [-0.2, 0) is 6.18 Å². The average molecular weight is 344 g/mol. The van der Waals surface area contributed by atoms with Gasteiger partial charge in [0, 0.05) is 10.5 Å². The van der Waals surface area contributed by atoms with E-state index in [2.05, 4.69) is 21.2 Å². The predicted octanol–water partition coefficient (Wildman–Crippen LogP) is 2.72. The van der Waals surface area contributed by atoms with Gasteiger partial charge in [0.2, 0.25) is 0 Å². The number of amides is 1. The van der Waals surface area contributed by atoms with Gasteiger partial charge < -0.3 is 10.4 Å². The van der Waals surface area contributed by atoms with Crippen molar-refractivity contribution in [2.45, 2.75) is 19.1 Å². The molecule has 0 aliphatic rings. The minimum absolute atomic E-state index is 0.0966. The van der Waals surface area contributed by atoms with Gasteiger partial charge in [-0.3, -0.25) is 4.79 Å². The van der Waals surface area contributed by atoms with Crippen LogP contribution in [0, 0.1) is 5.82 Å². The van der Waals surface area contributed by atoms with Gasteiger partial charge in [-0.2, -0.15) is 13.2 Å². The van der Waals surface area contributed by atoms with Gasteiger partial charge in [-0.15, -0.1) is 0 Å². The molecule has 0 heterocycles. The molecule has 0 fully saturated rings. The van der Waals surface area contributed by atoms with Crippen molar-refractivity contribution in [2.24, 2.45) is 0 Å². The molecule has 1 amide bonds. The van der Waals surface area contributed by atoms with E-state index in [1.165, 1.54) is 6.92 Å². The van der Waals surface area contributed by atoms with Gasteiger partial charge in [-0.25, -0.2) is 4.39 Å². The Kier molecular flexibility index (Phi) is 4.92. The van der Waals surface area contributed by atoms with Gasteiger partial charge >= 0.3 is 6.18 Å². The minimum atomic E-state index is -4.89. The largest absolute Gasteiger partial charge is 0.419 e. The number of rotatable bonds is 3. The minimum Gasteiger partial charge on any atom is -0.394 e. The Labute approximate surface area is 114 Å². The van der Waals surface area contributed by atoms with Crippen LogP contribution in [0.15, 0.2) is 16.6 Å². The lowest BCUT2D eigenvalue weighted by atomic mass is 10.1. The second-order valence-electron chi connectivity index (χ2n) is 3.84. The Hall–Kier alpha value is -1.15. The second-order valence-corrected chi connectivity index (χ2v) is 4.69. The Morgan fingerprint density at radius 3 is 2.53 bits per heavy atom. The molecule has 0 aromatic heterocycles. The molecule has 0 saturated carbocycles. The predicted molar refractivity (Wildman–Crippen MR) is 63.1 cm³/mol. The lowest BCUT2D eigenvalue weighted by molar-refractivity contribution is -0.140. The van der Waals surface area contributed by atoms with Crippen LogP contribution in [-0.4, -0.2) is 23.7 Å². The van der Waals surface area contributed by atoms with Crippen LogP contribution in [0.25, 0.3) is 0 Å². The third kappa shape index (κ3) is 3.66. The van der Waals surface area contributed by atoms with Crippen LogP contribution in [0.4, 0.5) is 17.6 Å². The van der Waals surface area contributed by atoms with Crippen molar-refractivity contribution in [1.29, 1.82) is 0 Å². The Morgan fingerprint density at radius 2 is 2.05 bits per heavy atom. The molecule has 0 aliphatic heterocycles. The number of alkyl halides is 3. The molecule has 1 atom stereocenters. The van der Waals surface area contributed by atoms with Crippen LogP contribution in [0.5, 0.6) is 0 Å². The zero-order valence-corrected chi connectivity index (χ0v) is 11.3. The number of carbonyl (C=O) groups is 1. The average Bonchev–Trinajstić information content (AvgIpc) is 2.26. The summed E-state index contributed by atoms with van der Waals surface area (Å²) in [7, 11) is 0. The highest BCUT2D eigenvalue weighted by atomic mass is 79.9. The molecule has 3 nitrogen and oxygen atoms in total. The van der Waals surface area contributed by atoms with Crippen molar-refractivity contribution in [3.05, 3.63) is 33.5 Å². The Bertz CT molecular complexity index is 490. The Balaban J connectivity index is 3.24. The molecule has 0 bridgehead atoms. The van der Waals surface area contributed by atoms with E-state index in [0.717, 1.165) is 6.07 Å². The van der Waals surface area contributed by atoms with Gasteiger partial charge in [-0.1, -0.05) is 0 Å². The van der Waals surface area contributed by atoms with Crippen molar-refractivity contribution < 1.29 is 27.5 Å². The van der Waals surface area contributed by atoms with Crippen molar-refractivity contribution in [1.82, 2.24) is 5.32 Å². The highest BCUT2D eigenvalue weighted by Gasteiger charge is 2.36. The molecular weight excluding hydrogens is 334 g/mol. The molecule has 0 unspecified atom stereocenters. The molecule has 1 aromatic carbocycles. The highest BCUT2D eigenvalue weighted by Crippen LogP contribution is 2.34. The molecular formula is C11H10BrF4NO2. The fourth-order valence-corrected chi connectivity index (χ4v) is 1.81. The van der Waals surface area contributed by atoms with Gasteiger partial charge in [0.05, 0.1) is 17.7 Å². The molecule has 8 heteroatoms. The zero-order valence-electron chi connectivity index (χ0n) is 9.68. The van der Waals surface area contributed by atoms with Crippen LogP contribution < -0.4 is 5.32 Å². The quantitative estimate of drug-likeness (QED) is 0.829. The van der Waals surface area contributed by atoms with Gasteiger partial charge in [-0.05, 0) is 35.0 Å². The zero-order chi connectivity index (χ0) is 14.8. The van der Waals surface area contributed by atoms with E-state index in [1.54, 1.807) is 0 Å². The summed E-state index contributed by atoms with van der Waals surface area (Å²) in [6.07, 6.45) is -4.89. The molecule has 19 heavy (non-hydrogen) atoms. The fraction of sp³-hybridized carbons (Fsp3) is 0.364. The number of hydrogen-bond donors (Lipinski definition) is 2. The molecule has 1 aromatic rings. The van der Waals surface area contributed by atoms with E-state index >= 15 is 0 Å². The van der Waals surface area contributed by atoms with Gasteiger partial charge in [0.25, 0.3) is 5.91 Å². The van der Waals surface area contributed by atoms with E-state index in [9.17, 15) is 22.4 Å². The van der Waals surface area contributed by atoms with E-state index in [-0.39, 0.29) is 4.47 Å². The summed E-state index contributed by atoms with van der Waals surface area (Å²) in [5, 5.41) is 10.9. The first-order valence-electron chi connectivity index (χ1n) is 5.15. The summed E-state index contributed by atoms with van der Waals surface area (Å²) in [5.74, 6) is -2.68. The molecule has 2 N–H and O–H groups in total. The number of benzene rings is 1. The molecule has 1 rings (SSSR count). The van der Waals surface area contributed by atoms with E-state index < -0.39 is 41.7 Å². The number of aliphatic hydroxyl groups excluding tert-OH is 1. The van der Waals surface area contributed by atoms with Gasteiger partial charge in [0.1, 0.15) is 5.82 Å². The van der Waals surface area contributed by atoms with E-state index in [4.69, 9.17) is 5.11 Å². The Morgan fingerprint density at radius 1 is 1.47 bits per heavy atom. The van der Waals surface area contributed by atoms with Crippen LogP contribution in [0.1, 0.15) is 22.8 Å². The smallest absolute Gasteiger partial charge is 0.394 e. The first kappa shape index (κ1) is 15.9. The van der Waals surface area contributed by atoms with Crippen molar-refractivity contribution in [2.75, 3.05) is 6.61 Å². The summed E-state index contributed by atoms with van der Waals surface area (Å²) in [6, 6.07) is 0.796. The van der Waals surface area contributed by atoms with Crippen LogP contribution >= 0.6 is 15.9 Å². The summed E-state index contributed by atoms with van der Waals surface area (Å²) in [4.78, 5) is 11.7. The standard InChI is InChI=1S/C11H10BrF4NO2/c1-5(4-18)17-10(19)8-7(12)3-2-6(9(8)13)11(14,15)16/h2-3,5,18H,4H2,1H3,(H,17,19)/t5-/m0/s1. The third-order valence-electron chi connectivity index (χ3n) is 2.27. The second kappa shape index (κ2) is 5.87. The maximum absolute atomic E-state index is 13.8. The number of carbonyl (C=O) groups excluding carboxylic acids is 1. The van der Waals surface area contributed by atoms with Crippen molar-refractivity contribution in [3.63, 3.8) is 0 Å². The highest BCUT2D eigenvalue weighted by molar-refractivity contribution is 9.10. The van der Waals surface area contributed by atoms with E-state index in [0.29, 0.717) is 6.07 Å². The molecule has 0 aliphatic carbocycles. The molecule has 0 saturated heterocycles. The normalized spacial score (nSPS) is 13.2. The molecule has 106 valence electrons. The summed E-state index contributed by atoms with van der Waals surface area (Å²) < 4.78 is 51.2. The maximum atomic E-state index is 13.8. The number of nitrogens with one attached hydrogen (secondary N) is 1. The SMILES string of the molecule is C[C@@H](CO)NC(=O)c1c(Br)ccc(C(F)(F)F)c1F. The summed E-state index contributed by atoms with van der Waals surface area (Å²) in [5.41, 5.74) is -2.26. The lowest BCUT2D eigenvalue weighted by Gasteiger charge is -2.15. The first-order valence-corrected chi connectivity index (χ1v) is 5.94. The number of hydrogen-bond acceptors (Lipinski definition) is 2. The maximum Gasteiger partial charge on any atom is 0.419 e. The third-order valence-corrected chi connectivity index (χ3v) is 2.94. The van der Waals surface area contributed by atoms with E-state index in [1.807, 2.05) is 0 Å². The van der Waals surface area contributed by atoms with Crippen LogP contribution in [0.3, 0.4) is 0 Å². The molecule has 0 radical (unpaired) electrons. The number of halogens is 5. The monoisotopic (exact) mass is 343 g/mol. The van der Waals surface area contributed by atoms with Crippen LogP contribution in [0.2, 0.25) is 0 Å². The van der Waals surface area contributed by atoms with Gasteiger partial charge in [0.15, 0.2) is 0 Å². The number of aliphatic hydroxyl groups is 1. The summed E-state index contributed by atoms with van der Waals surface area (Å²) >= 11 is 2.83. The topological polar surface area (TPSA) is 49.3 Å². The summed E-state index contributed by atoms with van der Waals surface area (Å²) in [6.45, 7) is 1.02. The van der Waals surface area contributed by atoms with Crippen molar-refractivity contribution in [3.8, 4) is 0 Å². The lowest BCUT2D eigenvalue weighted by Crippen LogP contribution is -2.36. The van der Waals surface area contributed by atoms with Crippen molar-refractivity contribution >= 4 is 21.8 Å². The molecule has 0 spiro atoms. The fourth-order valence-electron chi connectivity index (χ4n) is 1.32. The first-order chi connectivity index (χ1) is 8.68.